The molecule has 4 nitrogen and oxygen atoms in total. The fourth-order valence-electron chi connectivity index (χ4n) is 0.591. The van der Waals surface area contributed by atoms with E-state index in [0.29, 0.717) is 12.8 Å². The molecule has 1 unspecified atom stereocenters. The number of rotatable bonds is 4. The highest BCUT2D eigenvalue weighted by atomic mass is 16.7. The van der Waals surface area contributed by atoms with Crippen molar-refractivity contribution in [1.82, 2.24) is 0 Å². The van der Waals surface area contributed by atoms with Crippen LogP contribution in [0.3, 0.4) is 0 Å². The summed E-state index contributed by atoms with van der Waals surface area (Å²) in [5.41, 5.74) is 0. The maximum absolute atomic E-state index is 8.54. The molecular weight excluding hydrogens is 136 g/mol. The first kappa shape index (κ1) is 9.84. The van der Waals surface area contributed by atoms with Gasteiger partial charge in [0, 0.05) is 12.5 Å². The van der Waals surface area contributed by atoms with Crippen LogP contribution in [0.1, 0.15) is 19.8 Å². The Morgan fingerprint density at radius 1 is 1.30 bits per heavy atom. The lowest BCUT2D eigenvalue weighted by molar-refractivity contribution is -0.340. The molecule has 1 atom stereocenters. The summed E-state index contributed by atoms with van der Waals surface area (Å²) in [5.74, 6) is -3.23. The Labute approximate surface area is 59.7 Å². The fraction of sp³-hybridized carbons (Fsp3) is 1.00. The van der Waals surface area contributed by atoms with Gasteiger partial charge in [0.15, 0.2) is 0 Å². The number of hydrogen-bond donors (Lipinski definition) is 4. The zero-order valence-corrected chi connectivity index (χ0v) is 5.99. The highest BCUT2D eigenvalue weighted by molar-refractivity contribution is 4.59. The second-order valence-corrected chi connectivity index (χ2v) is 2.45. The summed E-state index contributed by atoms with van der Waals surface area (Å²) < 4.78 is 0. The van der Waals surface area contributed by atoms with Gasteiger partial charge in [-0.3, -0.25) is 0 Å². The Balaban J connectivity index is 3.52. The SMILES string of the molecule is CC(CCCO)C(O)(O)O. The molecular formula is C6H14O4. The standard InChI is InChI=1S/C6H14O4/c1-5(3-2-4-7)6(8,9)10/h5,7-10H,2-4H2,1H3. The van der Waals surface area contributed by atoms with Crippen LogP contribution >= 0.6 is 0 Å². The molecule has 0 saturated heterocycles. The third kappa shape index (κ3) is 3.79. The van der Waals surface area contributed by atoms with Gasteiger partial charge in [0.2, 0.25) is 0 Å². The van der Waals surface area contributed by atoms with Crippen LogP contribution in [0.25, 0.3) is 0 Å². The van der Waals surface area contributed by atoms with E-state index >= 15 is 0 Å². The van der Waals surface area contributed by atoms with E-state index in [1.165, 1.54) is 6.92 Å². The van der Waals surface area contributed by atoms with Gasteiger partial charge in [-0.1, -0.05) is 6.92 Å². The third-order valence-corrected chi connectivity index (χ3v) is 1.46. The zero-order chi connectivity index (χ0) is 8.20. The minimum atomic E-state index is -2.60. The Bertz CT molecular complexity index is 86.2. The van der Waals surface area contributed by atoms with Crippen LogP contribution in [-0.2, 0) is 0 Å². The highest BCUT2D eigenvalue weighted by Gasteiger charge is 2.26. The summed E-state index contributed by atoms with van der Waals surface area (Å²) in [6, 6.07) is 0. The number of hydrogen-bond acceptors (Lipinski definition) is 4. The lowest BCUT2D eigenvalue weighted by atomic mass is 10.0. The first-order chi connectivity index (χ1) is 4.48. The van der Waals surface area contributed by atoms with Crippen molar-refractivity contribution < 1.29 is 20.4 Å². The topological polar surface area (TPSA) is 80.9 Å². The van der Waals surface area contributed by atoms with Crippen molar-refractivity contribution in [2.24, 2.45) is 5.92 Å². The largest absolute Gasteiger partial charge is 0.396 e. The van der Waals surface area contributed by atoms with E-state index in [4.69, 9.17) is 20.4 Å². The van der Waals surface area contributed by atoms with Crippen molar-refractivity contribution in [1.29, 1.82) is 0 Å². The van der Waals surface area contributed by atoms with Gasteiger partial charge < -0.3 is 20.4 Å². The van der Waals surface area contributed by atoms with E-state index in [-0.39, 0.29) is 6.61 Å². The molecule has 62 valence electrons. The molecule has 0 saturated carbocycles. The minimum Gasteiger partial charge on any atom is -0.396 e. The van der Waals surface area contributed by atoms with Gasteiger partial charge >= 0.3 is 0 Å². The normalized spacial score (nSPS) is 15.3. The summed E-state index contributed by atoms with van der Waals surface area (Å²) in [5, 5.41) is 34.0. The summed E-state index contributed by atoms with van der Waals surface area (Å²) >= 11 is 0. The second kappa shape index (κ2) is 3.88. The molecule has 0 aromatic carbocycles. The van der Waals surface area contributed by atoms with Gasteiger partial charge in [-0.15, -0.1) is 0 Å². The van der Waals surface area contributed by atoms with E-state index in [0.717, 1.165) is 0 Å². The molecule has 0 rings (SSSR count). The van der Waals surface area contributed by atoms with Crippen LogP contribution in [0.2, 0.25) is 0 Å². The van der Waals surface area contributed by atoms with Crippen molar-refractivity contribution in [2.45, 2.75) is 25.7 Å². The molecule has 0 bridgehead atoms. The molecule has 4 heteroatoms. The minimum absolute atomic E-state index is 0.000417. The Morgan fingerprint density at radius 2 is 1.80 bits per heavy atom. The first-order valence-corrected chi connectivity index (χ1v) is 3.26. The average Bonchev–Trinajstić information content (AvgIpc) is 1.80. The average molecular weight is 150 g/mol. The number of aliphatic hydroxyl groups excluding tert-OH is 1. The predicted molar refractivity (Wildman–Crippen MR) is 34.9 cm³/mol. The smallest absolute Gasteiger partial charge is 0.277 e. The lowest BCUT2D eigenvalue weighted by Crippen LogP contribution is -2.35. The summed E-state index contributed by atoms with van der Waals surface area (Å²) in [6.45, 7) is 1.50. The molecule has 0 aromatic rings. The number of aliphatic hydroxyl groups is 4. The van der Waals surface area contributed by atoms with Crippen LogP contribution in [0.5, 0.6) is 0 Å². The van der Waals surface area contributed by atoms with Crippen molar-refractivity contribution in [2.75, 3.05) is 6.61 Å². The van der Waals surface area contributed by atoms with E-state index in [2.05, 4.69) is 0 Å². The van der Waals surface area contributed by atoms with Crippen molar-refractivity contribution in [3.63, 3.8) is 0 Å². The van der Waals surface area contributed by atoms with E-state index in [1.54, 1.807) is 0 Å². The fourth-order valence-corrected chi connectivity index (χ4v) is 0.591. The van der Waals surface area contributed by atoms with Gasteiger partial charge in [-0.25, -0.2) is 0 Å². The molecule has 0 amide bonds. The quantitative estimate of drug-likeness (QED) is 0.388. The maximum Gasteiger partial charge on any atom is 0.277 e. The molecule has 0 spiro atoms. The Morgan fingerprint density at radius 3 is 2.10 bits per heavy atom. The van der Waals surface area contributed by atoms with Crippen LogP contribution in [-0.4, -0.2) is 33.0 Å². The summed E-state index contributed by atoms with van der Waals surface area (Å²) in [7, 11) is 0. The molecule has 4 N–H and O–H groups in total. The Kier molecular flexibility index (Phi) is 3.81. The monoisotopic (exact) mass is 150 g/mol. The van der Waals surface area contributed by atoms with Gasteiger partial charge in [0.1, 0.15) is 0 Å². The molecule has 0 aliphatic heterocycles. The first-order valence-electron chi connectivity index (χ1n) is 3.26. The summed E-state index contributed by atoms with van der Waals surface area (Å²) in [4.78, 5) is 0. The zero-order valence-electron chi connectivity index (χ0n) is 5.99. The van der Waals surface area contributed by atoms with Crippen LogP contribution in [0, 0.1) is 5.92 Å². The predicted octanol–water partition coefficient (Wildman–Crippen LogP) is -0.974. The molecule has 0 aromatic heterocycles. The molecule has 0 radical (unpaired) electrons. The van der Waals surface area contributed by atoms with Crippen molar-refractivity contribution in [3.8, 4) is 0 Å². The van der Waals surface area contributed by atoms with Gasteiger partial charge in [0.05, 0.1) is 0 Å². The Hall–Kier alpha value is -0.160. The van der Waals surface area contributed by atoms with Gasteiger partial charge in [-0.2, -0.15) is 0 Å². The van der Waals surface area contributed by atoms with Crippen LogP contribution < -0.4 is 0 Å². The summed E-state index contributed by atoms with van der Waals surface area (Å²) in [6.07, 6.45) is 0.852. The lowest BCUT2D eigenvalue weighted by Gasteiger charge is -2.21. The van der Waals surface area contributed by atoms with Crippen LogP contribution in [0.4, 0.5) is 0 Å². The molecule has 10 heavy (non-hydrogen) atoms. The molecule has 0 aliphatic carbocycles. The van der Waals surface area contributed by atoms with Crippen molar-refractivity contribution in [3.05, 3.63) is 0 Å². The second-order valence-electron chi connectivity index (χ2n) is 2.45. The molecule has 0 aliphatic rings. The molecule has 0 heterocycles. The van der Waals surface area contributed by atoms with E-state index in [1.807, 2.05) is 0 Å². The van der Waals surface area contributed by atoms with Gasteiger partial charge in [-0.05, 0) is 12.8 Å². The maximum atomic E-state index is 8.54. The highest BCUT2D eigenvalue weighted by Crippen LogP contribution is 2.15. The van der Waals surface area contributed by atoms with E-state index < -0.39 is 11.9 Å². The van der Waals surface area contributed by atoms with E-state index in [9.17, 15) is 0 Å². The van der Waals surface area contributed by atoms with Crippen molar-refractivity contribution >= 4 is 0 Å². The third-order valence-electron chi connectivity index (χ3n) is 1.46. The van der Waals surface area contributed by atoms with Crippen LogP contribution in [0.15, 0.2) is 0 Å². The van der Waals surface area contributed by atoms with Gasteiger partial charge in [0.25, 0.3) is 5.97 Å². The molecule has 0 fully saturated rings.